The highest BCUT2D eigenvalue weighted by Crippen LogP contribution is 2.15. The molecule has 4 nitrogen and oxygen atoms in total. The Balaban J connectivity index is 0.00000324. The van der Waals surface area contributed by atoms with Crippen LogP contribution in [0.3, 0.4) is 0 Å². The van der Waals surface area contributed by atoms with Gasteiger partial charge in [0.2, 0.25) is 10.0 Å². The molecule has 19 heavy (non-hydrogen) atoms. The molecule has 0 heterocycles. The summed E-state index contributed by atoms with van der Waals surface area (Å²) < 4.78 is 27.7. The maximum absolute atomic E-state index is 12.1. The zero-order chi connectivity index (χ0) is 13.8. The average Bonchev–Trinajstić information content (AvgIpc) is 2.27. The van der Waals surface area contributed by atoms with Gasteiger partial charge in [-0.25, -0.2) is 13.1 Å². The third-order valence-electron chi connectivity index (χ3n) is 2.49. The maximum atomic E-state index is 12.1. The van der Waals surface area contributed by atoms with Gasteiger partial charge in [0.15, 0.2) is 0 Å². The molecule has 1 atom stereocenters. The Morgan fingerprint density at radius 2 is 1.79 bits per heavy atom. The minimum absolute atomic E-state index is 0. The van der Waals surface area contributed by atoms with Crippen molar-refractivity contribution in [3.63, 3.8) is 0 Å². The molecule has 0 aliphatic rings. The summed E-state index contributed by atoms with van der Waals surface area (Å²) in [6.45, 7) is 4.38. The zero-order valence-corrected chi connectivity index (χ0v) is 14.2. The van der Waals surface area contributed by atoms with Gasteiger partial charge in [0, 0.05) is 17.1 Å². The van der Waals surface area contributed by atoms with Crippen molar-refractivity contribution < 1.29 is 8.42 Å². The summed E-state index contributed by atoms with van der Waals surface area (Å²) in [5.41, 5.74) is 5.60. The third kappa shape index (κ3) is 6.23. The van der Waals surface area contributed by atoms with E-state index in [1.165, 1.54) is 0 Å². The number of sulfonamides is 1. The van der Waals surface area contributed by atoms with Crippen molar-refractivity contribution in [3.05, 3.63) is 28.7 Å². The van der Waals surface area contributed by atoms with Crippen LogP contribution in [0.15, 0.2) is 33.6 Å². The quantitative estimate of drug-likeness (QED) is 0.807. The van der Waals surface area contributed by atoms with E-state index in [4.69, 9.17) is 5.73 Å². The Morgan fingerprint density at radius 3 is 2.21 bits per heavy atom. The third-order valence-corrected chi connectivity index (χ3v) is 4.55. The van der Waals surface area contributed by atoms with Gasteiger partial charge in [-0.3, -0.25) is 0 Å². The molecular formula is C12H20BrClN2O2S. The first-order chi connectivity index (χ1) is 8.35. The summed E-state index contributed by atoms with van der Waals surface area (Å²) >= 11 is 3.27. The summed E-state index contributed by atoms with van der Waals surface area (Å²) in [6.07, 6.45) is 0.728. The van der Waals surface area contributed by atoms with E-state index >= 15 is 0 Å². The van der Waals surface area contributed by atoms with Crippen LogP contribution >= 0.6 is 28.3 Å². The molecule has 0 aliphatic heterocycles. The highest BCUT2D eigenvalue weighted by atomic mass is 79.9. The second kappa shape index (κ2) is 8.21. The fourth-order valence-electron chi connectivity index (χ4n) is 1.66. The lowest BCUT2D eigenvalue weighted by atomic mass is 10.1. The van der Waals surface area contributed by atoms with Gasteiger partial charge in [-0.05, 0) is 36.6 Å². The second-order valence-electron chi connectivity index (χ2n) is 4.64. The molecule has 0 spiro atoms. The molecule has 7 heteroatoms. The number of benzene rings is 1. The number of hydrogen-bond donors (Lipinski definition) is 2. The standard InChI is InChI=1S/C12H19BrN2O2S.ClH/c1-9(2)7-11(8-14)15-18(16,17)12-5-3-10(13)4-6-12;/h3-6,9,11,15H,7-8,14H2,1-2H3;1H. The molecule has 1 aromatic rings. The van der Waals surface area contributed by atoms with E-state index in [0.29, 0.717) is 12.5 Å². The maximum Gasteiger partial charge on any atom is 0.240 e. The number of nitrogens with one attached hydrogen (secondary N) is 1. The summed E-state index contributed by atoms with van der Waals surface area (Å²) in [6, 6.07) is 6.31. The van der Waals surface area contributed by atoms with Crippen LogP contribution in [0.2, 0.25) is 0 Å². The van der Waals surface area contributed by atoms with E-state index in [0.717, 1.165) is 10.9 Å². The molecule has 0 amide bonds. The monoisotopic (exact) mass is 370 g/mol. The molecule has 0 radical (unpaired) electrons. The molecule has 0 fully saturated rings. The lowest BCUT2D eigenvalue weighted by Crippen LogP contribution is -2.40. The van der Waals surface area contributed by atoms with E-state index < -0.39 is 10.0 Å². The van der Waals surface area contributed by atoms with E-state index in [1.54, 1.807) is 24.3 Å². The number of nitrogens with two attached hydrogens (primary N) is 1. The van der Waals surface area contributed by atoms with Gasteiger partial charge in [0.1, 0.15) is 0 Å². The topological polar surface area (TPSA) is 72.2 Å². The summed E-state index contributed by atoms with van der Waals surface area (Å²) in [7, 11) is -3.48. The van der Waals surface area contributed by atoms with Crippen LogP contribution in [0.4, 0.5) is 0 Å². The fourth-order valence-corrected chi connectivity index (χ4v) is 3.19. The zero-order valence-electron chi connectivity index (χ0n) is 11.0. The Labute approximate surface area is 129 Å². The van der Waals surface area contributed by atoms with Crippen molar-refractivity contribution in [2.75, 3.05) is 6.54 Å². The van der Waals surface area contributed by atoms with Crippen LogP contribution in [-0.2, 0) is 10.0 Å². The van der Waals surface area contributed by atoms with Crippen LogP contribution in [0, 0.1) is 5.92 Å². The predicted octanol–water partition coefficient (Wildman–Crippen LogP) is 2.52. The van der Waals surface area contributed by atoms with Crippen LogP contribution in [0.25, 0.3) is 0 Å². The first kappa shape index (κ1) is 18.9. The van der Waals surface area contributed by atoms with Gasteiger partial charge in [-0.15, -0.1) is 12.4 Å². The Morgan fingerprint density at radius 1 is 1.26 bits per heavy atom. The minimum atomic E-state index is -3.48. The molecule has 1 aromatic carbocycles. The van der Waals surface area contributed by atoms with Gasteiger partial charge in [0.25, 0.3) is 0 Å². The molecule has 0 bridgehead atoms. The van der Waals surface area contributed by atoms with Crippen molar-refractivity contribution in [1.82, 2.24) is 4.72 Å². The fraction of sp³-hybridized carbons (Fsp3) is 0.500. The summed E-state index contributed by atoms with van der Waals surface area (Å²) in [5, 5.41) is 0. The van der Waals surface area contributed by atoms with E-state index in [1.807, 2.05) is 13.8 Å². The van der Waals surface area contributed by atoms with Gasteiger partial charge in [-0.1, -0.05) is 29.8 Å². The molecule has 110 valence electrons. The number of rotatable bonds is 6. The normalized spacial score (nSPS) is 13.1. The predicted molar refractivity (Wildman–Crippen MR) is 84.0 cm³/mol. The molecule has 0 aliphatic carbocycles. The average molecular weight is 372 g/mol. The summed E-state index contributed by atoms with van der Waals surface area (Å²) in [4.78, 5) is 0.257. The minimum Gasteiger partial charge on any atom is -0.329 e. The van der Waals surface area contributed by atoms with Crippen LogP contribution < -0.4 is 10.5 Å². The second-order valence-corrected chi connectivity index (χ2v) is 7.27. The van der Waals surface area contributed by atoms with E-state index in [2.05, 4.69) is 20.7 Å². The largest absolute Gasteiger partial charge is 0.329 e. The first-order valence-corrected chi connectivity index (χ1v) is 8.10. The molecule has 1 rings (SSSR count). The smallest absolute Gasteiger partial charge is 0.240 e. The molecule has 0 saturated heterocycles. The number of hydrogen-bond acceptors (Lipinski definition) is 3. The molecule has 3 N–H and O–H groups in total. The van der Waals surface area contributed by atoms with Crippen molar-refractivity contribution >= 4 is 38.4 Å². The van der Waals surface area contributed by atoms with Crippen LogP contribution in [-0.4, -0.2) is 21.0 Å². The van der Waals surface area contributed by atoms with Crippen molar-refractivity contribution in [1.29, 1.82) is 0 Å². The molecule has 1 unspecified atom stereocenters. The first-order valence-electron chi connectivity index (χ1n) is 5.83. The molecular weight excluding hydrogens is 352 g/mol. The highest BCUT2D eigenvalue weighted by molar-refractivity contribution is 9.10. The SMILES string of the molecule is CC(C)CC(CN)NS(=O)(=O)c1ccc(Br)cc1.Cl. The van der Waals surface area contributed by atoms with Crippen molar-refractivity contribution in [2.45, 2.75) is 31.2 Å². The van der Waals surface area contributed by atoms with Gasteiger partial charge < -0.3 is 5.73 Å². The lowest BCUT2D eigenvalue weighted by Gasteiger charge is -2.18. The summed E-state index contributed by atoms with van der Waals surface area (Å²) in [5.74, 6) is 0.395. The lowest BCUT2D eigenvalue weighted by molar-refractivity contribution is 0.465. The molecule has 0 saturated carbocycles. The van der Waals surface area contributed by atoms with E-state index in [-0.39, 0.29) is 23.3 Å². The van der Waals surface area contributed by atoms with Crippen LogP contribution in [0.1, 0.15) is 20.3 Å². The van der Waals surface area contributed by atoms with Gasteiger partial charge in [0.05, 0.1) is 4.90 Å². The van der Waals surface area contributed by atoms with E-state index in [9.17, 15) is 8.42 Å². The Kier molecular flexibility index (Phi) is 8.15. The van der Waals surface area contributed by atoms with Gasteiger partial charge in [-0.2, -0.15) is 0 Å². The van der Waals surface area contributed by atoms with Crippen LogP contribution in [0.5, 0.6) is 0 Å². The van der Waals surface area contributed by atoms with Crippen molar-refractivity contribution in [2.24, 2.45) is 11.7 Å². The van der Waals surface area contributed by atoms with Gasteiger partial charge >= 0.3 is 0 Å². The number of halogens is 2. The Hall–Kier alpha value is -0.140. The Bertz CT molecular complexity index is 477. The van der Waals surface area contributed by atoms with Crippen molar-refractivity contribution in [3.8, 4) is 0 Å². The highest BCUT2D eigenvalue weighted by Gasteiger charge is 2.19. The molecule has 0 aromatic heterocycles.